The molecule has 1 rings (SSSR count). The lowest BCUT2D eigenvalue weighted by molar-refractivity contribution is -0.143. The predicted octanol–water partition coefficient (Wildman–Crippen LogP) is 2.45. The van der Waals surface area contributed by atoms with Gasteiger partial charge in [-0.15, -0.1) is 0 Å². The lowest BCUT2D eigenvalue weighted by atomic mass is 9.89. The molecule has 0 aromatic carbocycles. The SMILES string of the molecule is CCOC(=O)CCN(C)CC1CCCCC1. The van der Waals surface area contributed by atoms with Crippen molar-refractivity contribution in [3.63, 3.8) is 0 Å². The van der Waals surface area contributed by atoms with E-state index in [1.165, 1.54) is 32.1 Å². The first kappa shape index (κ1) is 13.5. The molecule has 0 N–H and O–H groups in total. The number of nitrogens with zero attached hydrogens (tertiary/aromatic N) is 1. The summed E-state index contributed by atoms with van der Waals surface area (Å²) in [5.74, 6) is 0.777. The van der Waals surface area contributed by atoms with Gasteiger partial charge in [0.25, 0.3) is 0 Å². The molecule has 1 fully saturated rings. The van der Waals surface area contributed by atoms with E-state index in [-0.39, 0.29) is 5.97 Å². The monoisotopic (exact) mass is 227 g/mol. The van der Waals surface area contributed by atoms with Gasteiger partial charge in [0.2, 0.25) is 0 Å². The van der Waals surface area contributed by atoms with E-state index in [4.69, 9.17) is 4.74 Å². The Morgan fingerprint density at radius 3 is 2.62 bits per heavy atom. The van der Waals surface area contributed by atoms with Gasteiger partial charge < -0.3 is 9.64 Å². The minimum atomic E-state index is -0.0713. The van der Waals surface area contributed by atoms with Crippen molar-refractivity contribution in [3.05, 3.63) is 0 Å². The normalized spacial score (nSPS) is 17.7. The zero-order chi connectivity index (χ0) is 11.8. The van der Waals surface area contributed by atoms with E-state index in [0.717, 1.165) is 19.0 Å². The Labute approximate surface area is 99.1 Å². The first-order chi connectivity index (χ1) is 7.72. The van der Waals surface area contributed by atoms with Crippen LogP contribution < -0.4 is 0 Å². The summed E-state index contributed by atoms with van der Waals surface area (Å²) in [5, 5.41) is 0. The zero-order valence-electron chi connectivity index (χ0n) is 10.7. The van der Waals surface area contributed by atoms with Crippen LogP contribution in [0, 0.1) is 5.92 Å². The van der Waals surface area contributed by atoms with Gasteiger partial charge in [0.15, 0.2) is 0 Å². The Morgan fingerprint density at radius 2 is 2.00 bits per heavy atom. The van der Waals surface area contributed by atoms with E-state index >= 15 is 0 Å². The summed E-state index contributed by atoms with van der Waals surface area (Å²) in [5.41, 5.74) is 0. The van der Waals surface area contributed by atoms with Crippen molar-refractivity contribution in [2.45, 2.75) is 45.4 Å². The molecule has 3 nitrogen and oxygen atoms in total. The number of rotatable bonds is 6. The molecule has 1 aliphatic rings. The van der Waals surface area contributed by atoms with Gasteiger partial charge >= 0.3 is 5.97 Å². The molecule has 0 aromatic heterocycles. The van der Waals surface area contributed by atoms with Crippen LogP contribution in [-0.4, -0.2) is 37.6 Å². The molecule has 0 aromatic rings. The molecule has 0 aliphatic heterocycles. The first-order valence-corrected chi connectivity index (χ1v) is 6.56. The van der Waals surface area contributed by atoms with Crippen LogP contribution in [0.3, 0.4) is 0 Å². The number of carbonyl (C=O) groups is 1. The molecule has 16 heavy (non-hydrogen) atoms. The van der Waals surface area contributed by atoms with Crippen molar-refractivity contribution >= 4 is 5.97 Å². The fourth-order valence-corrected chi connectivity index (χ4v) is 2.42. The van der Waals surface area contributed by atoms with E-state index in [0.29, 0.717) is 13.0 Å². The molecule has 0 radical (unpaired) electrons. The molecular formula is C13H25NO2. The number of esters is 1. The van der Waals surface area contributed by atoms with Gasteiger partial charge in [0.1, 0.15) is 0 Å². The van der Waals surface area contributed by atoms with E-state index in [1.807, 2.05) is 6.92 Å². The molecule has 0 spiro atoms. The van der Waals surface area contributed by atoms with Gasteiger partial charge in [0.05, 0.1) is 13.0 Å². The molecule has 0 heterocycles. The van der Waals surface area contributed by atoms with Crippen LogP contribution in [0.4, 0.5) is 0 Å². The standard InChI is InChI=1S/C13H25NO2/c1-3-16-13(15)9-10-14(2)11-12-7-5-4-6-8-12/h12H,3-11H2,1-2H3. The number of ether oxygens (including phenoxy) is 1. The lowest BCUT2D eigenvalue weighted by Crippen LogP contribution is -2.29. The van der Waals surface area contributed by atoms with Crippen LogP contribution in [0.25, 0.3) is 0 Å². The predicted molar refractivity (Wildman–Crippen MR) is 65.3 cm³/mol. The summed E-state index contributed by atoms with van der Waals surface area (Å²) >= 11 is 0. The van der Waals surface area contributed by atoms with Crippen molar-refractivity contribution in [2.24, 2.45) is 5.92 Å². The zero-order valence-corrected chi connectivity index (χ0v) is 10.7. The molecule has 0 bridgehead atoms. The smallest absolute Gasteiger partial charge is 0.307 e. The van der Waals surface area contributed by atoms with Gasteiger partial charge in [0, 0.05) is 13.1 Å². The first-order valence-electron chi connectivity index (χ1n) is 6.56. The molecule has 1 saturated carbocycles. The fourth-order valence-electron chi connectivity index (χ4n) is 2.42. The highest BCUT2D eigenvalue weighted by Gasteiger charge is 2.15. The Hall–Kier alpha value is -0.570. The van der Waals surface area contributed by atoms with E-state index in [9.17, 15) is 4.79 Å². The maximum Gasteiger partial charge on any atom is 0.307 e. The Morgan fingerprint density at radius 1 is 1.31 bits per heavy atom. The van der Waals surface area contributed by atoms with Crippen LogP contribution >= 0.6 is 0 Å². The third-order valence-electron chi connectivity index (χ3n) is 3.30. The summed E-state index contributed by atoms with van der Waals surface area (Å²) in [6.07, 6.45) is 7.43. The average Bonchev–Trinajstić information content (AvgIpc) is 2.28. The number of carbonyl (C=O) groups excluding carboxylic acids is 1. The van der Waals surface area contributed by atoms with E-state index < -0.39 is 0 Å². The van der Waals surface area contributed by atoms with Crippen molar-refractivity contribution < 1.29 is 9.53 Å². The second-order valence-corrected chi connectivity index (χ2v) is 4.82. The molecule has 0 saturated heterocycles. The second kappa shape index (κ2) is 7.66. The van der Waals surface area contributed by atoms with Crippen molar-refractivity contribution in [3.8, 4) is 0 Å². The Balaban J connectivity index is 2.09. The maximum absolute atomic E-state index is 11.2. The van der Waals surface area contributed by atoms with Gasteiger partial charge in [-0.1, -0.05) is 19.3 Å². The second-order valence-electron chi connectivity index (χ2n) is 4.82. The largest absolute Gasteiger partial charge is 0.466 e. The molecule has 3 heteroatoms. The van der Waals surface area contributed by atoms with Crippen molar-refractivity contribution in [1.82, 2.24) is 4.90 Å². The molecule has 0 amide bonds. The van der Waals surface area contributed by atoms with Crippen LogP contribution in [0.1, 0.15) is 45.4 Å². The van der Waals surface area contributed by atoms with Crippen molar-refractivity contribution in [1.29, 1.82) is 0 Å². The van der Waals surface area contributed by atoms with Gasteiger partial charge in [-0.2, -0.15) is 0 Å². The van der Waals surface area contributed by atoms with Gasteiger partial charge in [-0.05, 0) is 32.7 Å². The minimum absolute atomic E-state index is 0.0713. The third kappa shape index (κ3) is 5.50. The van der Waals surface area contributed by atoms with E-state index in [1.54, 1.807) is 0 Å². The summed E-state index contributed by atoms with van der Waals surface area (Å²) in [6, 6.07) is 0. The highest BCUT2D eigenvalue weighted by molar-refractivity contribution is 5.69. The summed E-state index contributed by atoms with van der Waals surface area (Å²) in [4.78, 5) is 13.5. The molecule has 0 atom stereocenters. The molecule has 0 unspecified atom stereocenters. The minimum Gasteiger partial charge on any atom is -0.466 e. The Bertz CT molecular complexity index is 200. The fraction of sp³-hybridized carbons (Fsp3) is 0.923. The van der Waals surface area contributed by atoms with Crippen LogP contribution in [-0.2, 0) is 9.53 Å². The summed E-state index contributed by atoms with van der Waals surface area (Å²) in [6.45, 7) is 4.31. The highest BCUT2D eigenvalue weighted by Crippen LogP contribution is 2.23. The maximum atomic E-state index is 11.2. The van der Waals surface area contributed by atoms with Crippen LogP contribution in [0.15, 0.2) is 0 Å². The summed E-state index contributed by atoms with van der Waals surface area (Å²) in [7, 11) is 2.10. The van der Waals surface area contributed by atoms with E-state index in [2.05, 4.69) is 11.9 Å². The van der Waals surface area contributed by atoms with Crippen LogP contribution in [0.2, 0.25) is 0 Å². The highest BCUT2D eigenvalue weighted by atomic mass is 16.5. The molecular weight excluding hydrogens is 202 g/mol. The third-order valence-corrected chi connectivity index (χ3v) is 3.30. The van der Waals surface area contributed by atoms with Crippen molar-refractivity contribution in [2.75, 3.05) is 26.7 Å². The quantitative estimate of drug-likeness (QED) is 0.653. The van der Waals surface area contributed by atoms with Gasteiger partial charge in [-0.25, -0.2) is 0 Å². The number of hydrogen-bond acceptors (Lipinski definition) is 3. The summed E-state index contributed by atoms with van der Waals surface area (Å²) < 4.78 is 4.92. The average molecular weight is 227 g/mol. The van der Waals surface area contributed by atoms with Crippen LogP contribution in [0.5, 0.6) is 0 Å². The topological polar surface area (TPSA) is 29.5 Å². The Kier molecular flexibility index (Phi) is 6.46. The van der Waals surface area contributed by atoms with Gasteiger partial charge in [-0.3, -0.25) is 4.79 Å². The molecule has 94 valence electrons. The number of hydrogen-bond donors (Lipinski definition) is 0. The lowest BCUT2D eigenvalue weighted by Gasteiger charge is -2.26. The molecule has 1 aliphatic carbocycles.